The van der Waals surface area contributed by atoms with Gasteiger partial charge in [-0.1, -0.05) is 23.7 Å². The number of aliphatic imine (C=N–C) groups is 1. The zero-order valence-electron chi connectivity index (χ0n) is 13.8. The van der Waals surface area contributed by atoms with Crippen molar-refractivity contribution in [3.63, 3.8) is 0 Å². The number of non-ortho nitro benzene ring substituents is 1. The van der Waals surface area contributed by atoms with Crippen molar-refractivity contribution in [3.05, 3.63) is 63.2 Å². The van der Waals surface area contributed by atoms with Crippen molar-refractivity contribution in [1.29, 1.82) is 0 Å². The van der Waals surface area contributed by atoms with Crippen LogP contribution in [0.4, 0.5) is 17.1 Å². The number of fused-ring (bicyclic) bond motifs is 1. The topological polar surface area (TPSA) is 75.8 Å². The predicted molar refractivity (Wildman–Crippen MR) is 98.0 cm³/mol. The number of nitro benzene ring substituents is 1. The lowest BCUT2D eigenvalue weighted by Gasteiger charge is -2.26. The van der Waals surface area contributed by atoms with Crippen LogP contribution in [0.5, 0.6) is 0 Å². The van der Waals surface area contributed by atoms with Crippen molar-refractivity contribution in [3.8, 4) is 0 Å². The number of benzene rings is 2. The van der Waals surface area contributed by atoms with Gasteiger partial charge in [-0.25, -0.2) is 4.99 Å². The summed E-state index contributed by atoms with van der Waals surface area (Å²) in [7, 11) is 0. The third-order valence-electron chi connectivity index (χ3n) is 3.97. The molecule has 0 spiro atoms. The maximum Gasteiger partial charge on any atom is 0.271 e. The van der Waals surface area contributed by atoms with Crippen LogP contribution in [0, 0.1) is 10.1 Å². The van der Waals surface area contributed by atoms with E-state index in [9.17, 15) is 14.9 Å². The monoisotopic (exact) mass is 357 g/mol. The van der Waals surface area contributed by atoms with Crippen molar-refractivity contribution in [2.75, 3.05) is 4.90 Å². The Morgan fingerprint density at radius 1 is 1.20 bits per heavy atom. The van der Waals surface area contributed by atoms with E-state index in [0.717, 1.165) is 5.56 Å². The normalized spacial score (nSPS) is 14.2. The molecule has 6 nitrogen and oxygen atoms in total. The van der Waals surface area contributed by atoms with Gasteiger partial charge in [-0.2, -0.15) is 0 Å². The minimum absolute atomic E-state index is 0.0592. The fourth-order valence-electron chi connectivity index (χ4n) is 2.84. The van der Waals surface area contributed by atoms with E-state index in [0.29, 0.717) is 22.1 Å². The Morgan fingerprint density at radius 3 is 2.48 bits per heavy atom. The van der Waals surface area contributed by atoms with Gasteiger partial charge >= 0.3 is 0 Å². The zero-order chi connectivity index (χ0) is 18.1. The first kappa shape index (κ1) is 17.1. The molecule has 0 saturated heterocycles. The van der Waals surface area contributed by atoms with Gasteiger partial charge in [0.25, 0.3) is 5.69 Å². The summed E-state index contributed by atoms with van der Waals surface area (Å²) in [4.78, 5) is 29.6. The van der Waals surface area contributed by atoms with Gasteiger partial charge < -0.3 is 4.90 Å². The van der Waals surface area contributed by atoms with Crippen LogP contribution >= 0.6 is 11.6 Å². The Morgan fingerprint density at radius 2 is 1.88 bits per heavy atom. The Labute approximate surface area is 149 Å². The molecular formula is C18H16ClN3O3. The van der Waals surface area contributed by atoms with Crippen molar-refractivity contribution < 1.29 is 9.72 Å². The van der Waals surface area contributed by atoms with E-state index in [-0.39, 0.29) is 24.1 Å². The number of carbonyl (C=O) groups is 1. The lowest BCUT2D eigenvalue weighted by molar-refractivity contribution is -0.384. The van der Waals surface area contributed by atoms with Gasteiger partial charge in [0.05, 0.1) is 28.4 Å². The molecule has 3 rings (SSSR count). The first-order valence-electron chi connectivity index (χ1n) is 7.81. The fraction of sp³-hybridized carbons (Fsp3) is 0.222. The van der Waals surface area contributed by atoms with Crippen LogP contribution < -0.4 is 4.90 Å². The van der Waals surface area contributed by atoms with Gasteiger partial charge in [0, 0.05) is 23.2 Å². The molecule has 1 heterocycles. The molecule has 0 fully saturated rings. The molecule has 128 valence electrons. The van der Waals surface area contributed by atoms with Crippen molar-refractivity contribution in [1.82, 2.24) is 0 Å². The number of anilines is 1. The standard InChI is InChI=1S/C18H16ClN3O3/c1-11(2)21-17-8-7-14(22(24)25)9-16(17)20-15(10-18(21)23)12-3-5-13(19)6-4-12/h3-9,11H,10H2,1-2H3. The lowest BCUT2D eigenvalue weighted by Crippen LogP contribution is -2.37. The summed E-state index contributed by atoms with van der Waals surface area (Å²) in [6.45, 7) is 3.80. The van der Waals surface area contributed by atoms with Crippen LogP contribution in [-0.2, 0) is 4.79 Å². The van der Waals surface area contributed by atoms with Gasteiger partial charge in [0.1, 0.15) is 0 Å². The molecule has 2 aromatic rings. The molecule has 1 aliphatic heterocycles. The van der Waals surface area contributed by atoms with E-state index >= 15 is 0 Å². The third kappa shape index (κ3) is 3.39. The Kier molecular flexibility index (Phi) is 4.55. The molecule has 1 amide bonds. The van der Waals surface area contributed by atoms with Crippen LogP contribution in [0.15, 0.2) is 47.5 Å². The Hall–Kier alpha value is -2.73. The number of carbonyl (C=O) groups excluding carboxylic acids is 1. The summed E-state index contributed by atoms with van der Waals surface area (Å²) in [6, 6.07) is 11.3. The number of halogens is 1. The molecule has 0 aromatic heterocycles. The van der Waals surface area contributed by atoms with Crippen LogP contribution in [0.3, 0.4) is 0 Å². The highest BCUT2D eigenvalue weighted by molar-refractivity contribution is 6.30. The quantitative estimate of drug-likeness (QED) is 0.598. The molecule has 0 atom stereocenters. The maximum atomic E-state index is 12.8. The number of hydrogen-bond donors (Lipinski definition) is 0. The minimum atomic E-state index is -0.468. The van der Waals surface area contributed by atoms with E-state index in [1.807, 2.05) is 13.8 Å². The van der Waals surface area contributed by atoms with Crippen molar-refractivity contribution in [2.45, 2.75) is 26.3 Å². The van der Waals surface area contributed by atoms with Crippen LogP contribution in [-0.4, -0.2) is 22.6 Å². The summed E-state index contributed by atoms with van der Waals surface area (Å²) >= 11 is 5.92. The SMILES string of the molecule is CC(C)N1C(=O)CC(c2ccc(Cl)cc2)=Nc2cc([N+](=O)[O-])ccc21. The largest absolute Gasteiger partial charge is 0.307 e. The number of amides is 1. The van der Waals surface area contributed by atoms with Crippen molar-refractivity contribution >= 4 is 40.3 Å². The van der Waals surface area contributed by atoms with E-state index < -0.39 is 4.92 Å². The summed E-state index contributed by atoms with van der Waals surface area (Å²) in [5, 5.41) is 11.7. The average Bonchev–Trinajstić information content (AvgIpc) is 2.70. The molecule has 7 heteroatoms. The molecule has 1 aliphatic rings. The molecule has 0 bridgehead atoms. The molecular weight excluding hydrogens is 342 g/mol. The predicted octanol–water partition coefficient (Wildman–Crippen LogP) is 4.51. The first-order valence-corrected chi connectivity index (χ1v) is 8.18. The van der Waals surface area contributed by atoms with E-state index in [4.69, 9.17) is 11.6 Å². The zero-order valence-corrected chi connectivity index (χ0v) is 14.5. The molecule has 25 heavy (non-hydrogen) atoms. The summed E-state index contributed by atoms with van der Waals surface area (Å²) < 4.78 is 0. The molecule has 2 aromatic carbocycles. The smallest absolute Gasteiger partial charge is 0.271 e. The summed E-state index contributed by atoms with van der Waals surface area (Å²) in [6.07, 6.45) is 0.113. The van der Waals surface area contributed by atoms with Gasteiger partial charge in [0.15, 0.2) is 0 Å². The molecule has 0 saturated carbocycles. The second-order valence-electron chi connectivity index (χ2n) is 6.03. The van der Waals surface area contributed by atoms with Gasteiger partial charge in [-0.05, 0) is 37.6 Å². The Balaban J connectivity index is 2.18. The fourth-order valence-corrected chi connectivity index (χ4v) is 2.97. The highest BCUT2D eigenvalue weighted by atomic mass is 35.5. The van der Waals surface area contributed by atoms with Crippen LogP contribution in [0.2, 0.25) is 5.02 Å². The maximum absolute atomic E-state index is 12.8. The van der Waals surface area contributed by atoms with Gasteiger partial charge in [-0.3, -0.25) is 14.9 Å². The number of nitrogens with zero attached hydrogens (tertiary/aromatic N) is 3. The van der Waals surface area contributed by atoms with E-state index in [2.05, 4.69) is 4.99 Å². The highest BCUT2D eigenvalue weighted by Gasteiger charge is 2.28. The van der Waals surface area contributed by atoms with Crippen LogP contribution in [0.1, 0.15) is 25.8 Å². The third-order valence-corrected chi connectivity index (χ3v) is 4.22. The van der Waals surface area contributed by atoms with Gasteiger partial charge in [-0.15, -0.1) is 0 Å². The van der Waals surface area contributed by atoms with E-state index in [1.165, 1.54) is 12.1 Å². The molecule has 0 aliphatic carbocycles. The number of hydrogen-bond acceptors (Lipinski definition) is 4. The highest BCUT2D eigenvalue weighted by Crippen LogP contribution is 2.37. The second kappa shape index (κ2) is 6.64. The summed E-state index contributed by atoms with van der Waals surface area (Å²) in [5.41, 5.74) is 2.26. The van der Waals surface area contributed by atoms with Crippen molar-refractivity contribution in [2.24, 2.45) is 4.99 Å². The van der Waals surface area contributed by atoms with E-state index in [1.54, 1.807) is 35.2 Å². The Bertz CT molecular complexity index is 876. The average molecular weight is 358 g/mol. The van der Waals surface area contributed by atoms with Crippen LogP contribution in [0.25, 0.3) is 0 Å². The lowest BCUT2D eigenvalue weighted by atomic mass is 10.1. The second-order valence-corrected chi connectivity index (χ2v) is 6.47. The first-order chi connectivity index (χ1) is 11.9. The minimum Gasteiger partial charge on any atom is -0.307 e. The molecule has 0 radical (unpaired) electrons. The van der Waals surface area contributed by atoms with Gasteiger partial charge in [0.2, 0.25) is 5.91 Å². The number of rotatable bonds is 3. The molecule has 0 unspecified atom stereocenters. The summed E-state index contributed by atoms with van der Waals surface area (Å²) in [5.74, 6) is -0.101. The molecule has 0 N–H and O–H groups in total. The number of nitro groups is 1.